The van der Waals surface area contributed by atoms with E-state index in [-0.39, 0.29) is 53.4 Å². The van der Waals surface area contributed by atoms with Gasteiger partial charge in [-0.15, -0.1) is 0 Å². The molecule has 1 heterocycles. The maximum absolute atomic E-state index is 14.1. The first-order valence-electron chi connectivity index (χ1n) is 14.2. The number of hydrogen-bond acceptors (Lipinski definition) is 12. The van der Waals surface area contributed by atoms with Gasteiger partial charge in [0.25, 0.3) is 11.5 Å². The third kappa shape index (κ3) is 4.10. The number of H-pyrrole nitrogens is 1. The zero-order chi connectivity index (χ0) is 33.4. The number of methoxy groups -OCH3 is 1. The van der Waals surface area contributed by atoms with E-state index in [0.717, 1.165) is 13.2 Å². The number of nitrogens with one attached hydrogen (secondary N) is 2. The van der Waals surface area contributed by atoms with E-state index in [0.29, 0.717) is 5.56 Å². The number of benzene rings is 2. The summed E-state index contributed by atoms with van der Waals surface area (Å²) >= 11 is 0. The van der Waals surface area contributed by atoms with Gasteiger partial charge < -0.3 is 25.0 Å². The molecule has 236 valence electrons. The number of ketones is 4. The van der Waals surface area contributed by atoms with Crippen molar-refractivity contribution in [3.63, 3.8) is 0 Å². The van der Waals surface area contributed by atoms with Gasteiger partial charge in [-0.2, -0.15) is 5.10 Å². The molecule has 1 aromatic heterocycles. The van der Waals surface area contributed by atoms with Crippen molar-refractivity contribution in [3.8, 4) is 17.2 Å². The van der Waals surface area contributed by atoms with Crippen molar-refractivity contribution < 1.29 is 44.0 Å². The smallest absolute Gasteiger partial charge is 0.260 e. The molecular weight excluding hydrogens is 600 g/mol. The first-order chi connectivity index (χ1) is 21.7. The van der Waals surface area contributed by atoms with Crippen LogP contribution in [0.1, 0.15) is 78.5 Å². The van der Waals surface area contributed by atoms with Gasteiger partial charge in [0.1, 0.15) is 22.7 Å². The standard InChI is InChI=1S/C32H28N4O10/c1-12(2)36(3)11-18(38)35-33-10-15-8-14-7-13-5-6-32(24(13)28(42)19(14)31(45)34-15)29(43)22-23(30(32)44)27(41)21-20(26(22)40)16(37)9-17(46-4)25(21)39/h7-10,12,40-42H,5-6,11H2,1-4H3,(H,34,45)(H,35,38)/b33-10+. The number of carbonyl (C=O) groups is 5. The van der Waals surface area contributed by atoms with Gasteiger partial charge in [0.15, 0.2) is 23.1 Å². The van der Waals surface area contributed by atoms with Crippen LogP contribution in [0.25, 0.3) is 10.8 Å². The second-order valence-corrected chi connectivity index (χ2v) is 11.7. The highest BCUT2D eigenvalue weighted by atomic mass is 16.5. The van der Waals surface area contributed by atoms with Gasteiger partial charge in [-0.1, -0.05) is 6.07 Å². The number of ether oxygens (including phenoxy) is 1. The predicted octanol–water partition coefficient (Wildman–Crippen LogP) is 1.61. The highest BCUT2D eigenvalue weighted by molar-refractivity contribution is 6.38. The number of aromatic hydroxyl groups is 3. The van der Waals surface area contributed by atoms with E-state index in [4.69, 9.17) is 4.74 Å². The zero-order valence-corrected chi connectivity index (χ0v) is 25.1. The molecule has 5 N–H and O–H groups in total. The molecule has 6 rings (SSSR count). The van der Waals surface area contributed by atoms with Crippen LogP contribution in [0, 0.1) is 0 Å². The molecule has 1 spiro atoms. The summed E-state index contributed by atoms with van der Waals surface area (Å²) in [5.41, 5.74) is -2.77. The molecular formula is C32H28N4O10. The Morgan fingerprint density at radius 2 is 1.70 bits per heavy atom. The lowest BCUT2D eigenvalue weighted by molar-refractivity contribution is -0.122. The van der Waals surface area contributed by atoms with E-state index >= 15 is 0 Å². The van der Waals surface area contributed by atoms with Crippen molar-refractivity contribution >= 4 is 46.0 Å². The van der Waals surface area contributed by atoms with Crippen LogP contribution in [-0.2, 0) is 21.4 Å². The Bertz CT molecular complexity index is 2090. The minimum Gasteiger partial charge on any atom is -0.507 e. The average Bonchev–Trinajstić information content (AvgIpc) is 3.48. The van der Waals surface area contributed by atoms with E-state index in [1.54, 1.807) is 7.05 Å². The number of hydrogen-bond donors (Lipinski definition) is 5. The van der Waals surface area contributed by atoms with Crippen molar-refractivity contribution in [2.24, 2.45) is 5.10 Å². The monoisotopic (exact) mass is 628 g/mol. The molecule has 0 bridgehead atoms. The fraction of sp³-hybridized carbons (Fsp3) is 0.281. The van der Waals surface area contributed by atoms with Crippen molar-refractivity contribution in [2.45, 2.75) is 38.1 Å². The van der Waals surface area contributed by atoms with Crippen LogP contribution >= 0.6 is 0 Å². The van der Waals surface area contributed by atoms with Crippen molar-refractivity contribution in [3.05, 3.63) is 73.4 Å². The number of aryl methyl sites for hydroxylation is 1. The van der Waals surface area contributed by atoms with Crippen LogP contribution in [0.4, 0.5) is 0 Å². The van der Waals surface area contributed by atoms with E-state index < -0.39 is 79.4 Å². The average molecular weight is 629 g/mol. The van der Waals surface area contributed by atoms with Crippen molar-refractivity contribution in [1.82, 2.24) is 15.3 Å². The van der Waals surface area contributed by atoms with Gasteiger partial charge in [0.2, 0.25) is 5.78 Å². The molecule has 3 aliphatic carbocycles. The molecule has 1 amide bonds. The summed E-state index contributed by atoms with van der Waals surface area (Å²) in [5.74, 6) is -7.22. The van der Waals surface area contributed by atoms with Crippen LogP contribution in [0.3, 0.4) is 0 Å². The third-order valence-electron chi connectivity index (χ3n) is 8.93. The number of aromatic amines is 1. The highest BCUT2D eigenvalue weighted by Gasteiger charge is 2.61. The third-order valence-corrected chi connectivity index (χ3v) is 8.93. The predicted molar refractivity (Wildman–Crippen MR) is 162 cm³/mol. The van der Waals surface area contributed by atoms with E-state index in [2.05, 4.69) is 15.5 Å². The normalized spacial score (nSPS) is 18.6. The summed E-state index contributed by atoms with van der Waals surface area (Å²) in [4.78, 5) is 83.7. The molecule has 0 fully saturated rings. The number of amides is 1. The second-order valence-electron chi connectivity index (χ2n) is 11.7. The number of nitrogens with zero attached hydrogens (tertiary/aromatic N) is 2. The lowest BCUT2D eigenvalue weighted by Gasteiger charge is -2.22. The summed E-state index contributed by atoms with van der Waals surface area (Å²) in [6.07, 6.45) is 1.93. The summed E-state index contributed by atoms with van der Waals surface area (Å²) in [5, 5.41) is 37.7. The summed E-state index contributed by atoms with van der Waals surface area (Å²) in [6.45, 7) is 3.96. The molecule has 1 unspecified atom stereocenters. The molecule has 0 saturated carbocycles. The number of pyridine rings is 1. The zero-order valence-electron chi connectivity index (χ0n) is 25.1. The Kier molecular flexibility index (Phi) is 6.93. The summed E-state index contributed by atoms with van der Waals surface area (Å²) in [7, 11) is 2.91. The molecule has 1 atom stereocenters. The Balaban J connectivity index is 1.43. The molecule has 14 heteroatoms. The molecule has 0 radical (unpaired) electrons. The Morgan fingerprint density at radius 1 is 1.04 bits per heavy atom. The van der Waals surface area contributed by atoms with Gasteiger partial charge in [-0.25, -0.2) is 5.43 Å². The first kappa shape index (κ1) is 30.4. The maximum Gasteiger partial charge on any atom is 0.260 e. The fourth-order valence-corrected chi connectivity index (χ4v) is 6.45. The lowest BCUT2D eigenvalue weighted by atomic mass is 9.76. The SMILES string of the molecule is COC1=CC(=O)c2c(O)c3c(c(O)c2C1=O)C(=O)C1(CCc2cc4cc(/C=N/NC(=O)CN(C)C(C)C)[nH]c(=O)c4c(O)c21)C3=O. The number of Topliss-reactive ketones (excluding diaryl/α,β-unsaturated/α-hetero) is 3. The topological polar surface area (TPSA) is 216 Å². The van der Waals surface area contributed by atoms with Crippen LogP contribution in [-0.4, -0.2) is 87.2 Å². The minimum absolute atomic E-state index is 0.0917. The van der Waals surface area contributed by atoms with Crippen LogP contribution in [0.2, 0.25) is 0 Å². The van der Waals surface area contributed by atoms with Gasteiger partial charge in [-0.3, -0.25) is 33.7 Å². The van der Waals surface area contributed by atoms with Gasteiger partial charge in [0.05, 0.1) is 53.2 Å². The van der Waals surface area contributed by atoms with E-state index in [1.165, 1.54) is 18.3 Å². The molecule has 3 aliphatic rings. The van der Waals surface area contributed by atoms with Gasteiger partial charge >= 0.3 is 0 Å². The number of rotatable bonds is 6. The Morgan fingerprint density at radius 3 is 2.33 bits per heavy atom. The highest BCUT2D eigenvalue weighted by Crippen LogP contribution is 2.57. The summed E-state index contributed by atoms with van der Waals surface area (Å²) < 4.78 is 4.91. The van der Waals surface area contributed by atoms with Crippen LogP contribution < -0.4 is 11.0 Å². The Hall–Kier alpha value is -5.63. The number of allylic oxidation sites excluding steroid dienone is 2. The first-order valence-corrected chi connectivity index (χ1v) is 14.2. The van der Waals surface area contributed by atoms with Crippen molar-refractivity contribution in [2.75, 3.05) is 20.7 Å². The van der Waals surface area contributed by atoms with Crippen LogP contribution in [0.15, 0.2) is 33.9 Å². The Labute approximate surface area is 260 Å². The minimum atomic E-state index is -2.14. The molecule has 0 aliphatic heterocycles. The summed E-state index contributed by atoms with van der Waals surface area (Å²) in [6, 6.07) is 3.17. The van der Waals surface area contributed by atoms with Crippen molar-refractivity contribution in [1.29, 1.82) is 0 Å². The largest absolute Gasteiger partial charge is 0.507 e. The number of aromatic nitrogens is 1. The fourth-order valence-electron chi connectivity index (χ4n) is 6.45. The molecule has 46 heavy (non-hydrogen) atoms. The number of phenols is 3. The number of phenolic OH excluding ortho intramolecular Hbond substituents is 3. The quantitative estimate of drug-likeness (QED) is 0.114. The second kappa shape index (κ2) is 10.5. The van der Waals surface area contributed by atoms with Crippen LogP contribution in [0.5, 0.6) is 17.2 Å². The molecule has 3 aromatic rings. The number of fused-ring (bicyclic) bond motifs is 5. The molecule has 0 saturated heterocycles. The lowest BCUT2D eigenvalue weighted by Crippen LogP contribution is -2.36. The number of carbonyl (C=O) groups excluding carboxylic acids is 5. The van der Waals surface area contributed by atoms with E-state index in [9.17, 15) is 44.1 Å². The molecule has 2 aromatic carbocycles. The maximum atomic E-state index is 14.1. The van der Waals surface area contributed by atoms with Gasteiger partial charge in [0, 0.05) is 17.7 Å². The van der Waals surface area contributed by atoms with Gasteiger partial charge in [-0.05, 0) is 50.8 Å². The number of hydrazone groups is 1. The number of likely N-dealkylation sites (N-methyl/N-ethyl adjacent to an activating group) is 1. The molecule has 14 nitrogen and oxygen atoms in total. The van der Waals surface area contributed by atoms with E-state index in [1.807, 2.05) is 18.7 Å².